The summed E-state index contributed by atoms with van der Waals surface area (Å²) in [4.78, 5) is 19.7. The average Bonchev–Trinajstić information content (AvgIpc) is 3.22. The number of ether oxygens (including phenoxy) is 2. The Hall–Kier alpha value is -3.90. The zero-order valence-electron chi connectivity index (χ0n) is 20.4. The lowest BCUT2D eigenvalue weighted by atomic mass is 9.83. The largest absolute Gasteiger partial charge is 0.493 e. The second-order valence-electron chi connectivity index (χ2n) is 9.14. The highest BCUT2D eigenvalue weighted by atomic mass is 32.1. The fraction of sp³-hybridized carbons (Fsp3) is 0.200. The van der Waals surface area contributed by atoms with Gasteiger partial charge in [-0.25, -0.2) is 4.99 Å². The van der Waals surface area contributed by atoms with Gasteiger partial charge in [-0.3, -0.25) is 9.36 Å². The number of hydrogen-bond acceptors (Lipinski definition) is 5. The lowest BCUT2D eigenvalue weighted by molar-refractivity contribution is 0.354. The van der Waals surface area contributed by atoms with Crippen molar-refractivity contribution in [3.05, 3.63) is 120 Å². The van der Waals surface area contributed by atoms with Crippen LogP contribution in [-0.2, 0) is 6.42 Å². The fourth-order valence-corrected chi connectivity index (χ4v) is 6.16. The highest BCUT2D eigenvalue weighted by Gasteiger charge is 2.33. The van der Waals surface area contributed by atoms with Gasteiger partial charge in [0.2, 0.25) is 0 Å². The Balaban J connectivity index is 1.62. The second kappa shape index (κ2) is 8.95. The molecule has 1 aromatic heterocycles. The molecule has 3 aromatic carbocycles. The monoisotopic (exact) mass is 494 g/mol. The molecular weight excluding hydrogens is 468 g/mol. The molecule has 2 aliphatic rings. The van der Waals surface area contributed by atoms with E-state index in [4.69, 9.17) is 14.5 Å². The molecule has 0 saturated carbocycles. The van der Waals surface area contributed by atoms with Crippen molar-refractivity contribution in [2.45, 2.75) is 25.8 Å². The molecule has 1 aliphatic carbocycles. The van der Waals surface area contributed by atoms with E-state index in [1.165, 1.54) is 22.5 Å². The number of aromatic nitrogens is 1. The Kier molecular flexibility index (Phi) is 5.61. The molecule has 36 heavy (non-hydrogen) atoms. The first kappa shape index (κ1) is 22.6. The standard InChI is InChI=1S/C30H26N2O3S/c1-18-8-10-19(11-9-18)16-26-29(33)32-28(21-13-15-24(34-2)25(17-21)35-3)23-14-12-20-6-4-5-7-22(20)27(23)31-30(32)36-26/h4-11,13,15-17,28H,12,14H2,1-3H3. The first-order valence-corrected chi connectivity index (χ1v) is 12.8. The van der Waals surface area contributed by atoms with Crippen molar-refractivity contribution in [1.29, 1.82) is 0 Å². The lowest BCUT2D eigenvalue weighted by Crippen LogP contribution is -2.38. The van der Waals surface area contributed by atoms with Crippen molar-refractivity contribution in [1.82, 2.24) is 4.57 Å². The van der Waals surface area contributed by atoms with Gasteiger partial charge in [-0.05, 0) is 60.2 Å². The van der Waals surface area contributed by atoms with Crippen molar-refractivity contribution in [3.63, 3.8) is 0 Å². The number of fused-ring (bicyclic) bond motifs is 3. The molecule has 0 fully saturated rings. The van der Waals surface area contributed by atoms with E-state index in [-0.39, 0.29) is 11.6 Å². The van der Waals surface area contributed by atoms with Gasteiger partial charge >= 0.3 is 0 Å². The molecule has 0 bridgehead atoms. The molecule has 6 heteroatoms. The fourth-order valence-electron chi connectivity index (χ4n) is 5.16. The molecule has 0 radical (unpaired) electrons. The van der Waals surface area contributed by atoms with Crippen molar-refractivity contribution in [3.8, 4) is 11.5 Å². The highest BCUT2D eigenvalue weighted by Crippen LogP contribution is 2.42. The van der Waals surface area contributed by atoms with Crippen LogP contribution in [0.4, 0.5) is 0 Å². The number of aryl methyl sites for hydroxylation is 2. The predicted molar refractivity (Wildman–Crippen MR) is 143 cm³/mol. The Morgan fingerprint density at radius 3 is 2.53 bits per heavy atom. The van der Waals surface area contributed by atoms with E-state index in [1.807, 2.05) is 41.0 Å². The first-order chi connectivity index (χ1) is 17.6. The number of nitrogens with zero attached hydrogens (tertiary/aromatic N) is 2. The van der Waals surface area contributed by atoms with Gasteiger partial charge in [0.15, 0.2) is 16.3 Å². The summed E-state index contributed by atoms with van der Waals surface area (Å²) in [5.41, 5.74) is 7.75. The topological polar surface area (TPSA) is 52.8 Å². The van der Waals surface area contributed by atoms with Gasteiger partial charge in [0.25, 0.3) is 5.56 Å². The third kappa shape index (κ3) is 3.69. The van der Waals surface area contributed by atoms with Gasteiger partial charge in [-0.15, -0.1) is 0 Å². The van der Waals surface area contributed by atoms with Crippen molar-refractivity contribution < 1.29 is 9.47 Å². The van der Waals surface area contributed by atoms with E-state index in [9.17, 15) is 4.79 Å². The molecule has 0 amide bonds. The third-order valence-corrected chi connectivity index (χ3v) is 7.95. The number of hydrogen-bond donors (Lipinski definition) is 0. The Bertz CT molecular complexity index is 1690. The van der Waals surface area contributed by atoms with Crippen LogP contribution in [0.2, 0.25) is 0 Å². The van der Waals surface area contributed by atoms with Crippen LogP contribution >= 0.6 is 11.3 Å². The molecule has 0 saturated heterocycles. The average molecular weight is 495 g/mol. The first-order valence-electron chi connectivity index (χ1n) is 12.0. The van der Waals surface area contributed by atoms with Crippen LogP contribution in [0.5, 0.6) is 11.5 Å². The molecule has 4 aromatic rings. The SMILES string of the molecule is COc1ccc(C2C3=C(N=c4sc(=Cc5ccc(C)cc5)c(=O)n42)c2ccccc2CC3)cc1OC. The summed E-state index contributed by atoms with van der Waals surface area (Å²) in [6.07, 6.45) is 3.73. The molecule has 0 spiro atoms. The zero-order chi connectivity index (χ0) is 24.8. The smallest absolute Gasteiger partial charge is 0.271 e. The maximum absolute atomic E-state index is 13.9. The molecule has 0 N–H and O–H groups in total. The second-order valence-corrected chi connectivity index (χ2v) is 10.1. The molecule has 6 rings (SSSR count). The maximum Gasteiger partial charge on any atom is 0.271 e. The molecule has 5 nitrogen and oxygen atoms in total. The van der Waals surface area contributed by atoms with E-state index in [2.05, 4.69) is 43.3 Å². The minimum atomic E-state index is -0.260. The quantitative estimate of drug-likeness (QED) is 0.415. The number of benzene rings is 3. The number of allylic oxidation sites excluding steroid dienone is 1. The van der Waals surface area contributed by atoms with E-state index < -0.39 is 0 Å². The molecule has 1 aliphatic heterocycles. The van der Waals surface area contributed by atoms with Crippen LogP contribution < -0.4 is 24.4 Å². The minimum Gasteiger partial charge on any atom is -0.493 e. The van der Waals surface area contributed by atoms with E-state index in [0.717, 1.165) is 40.8 Å². The van der Waals surface area contributed by atoms with Gasteiger partial charge in [0.05, 0.1) is 30.5 Å². The van der Waals surface area contributed by atoms with Crippen molar-refractivity contribution >= 4 is 23.1 Å². The van der Waals surface area contributed by atoms with E-state index in [1.54, 1.807) is 14.2 Å². The summed E-state index contributed by atoms with van der Waals surface area (Å²) in [6, 6.07) is 22.3. The number of thiazole rings is 1. The third-order valence-electron chi connectivity index (χ3n) is 6.97. The zero-order valence-corrected chi connectivity index (χ0v) is 21.3. The summed E-state index contributed by atoms with van der Waals surface area (Å²) in [6.45, 7) is 2.06. The summed E-state index contributed by atoms with van der Waals surface area (Å²) in [7, 11) is 3.26. The molecular formula is C30H26N2O3S. The summed E-state index contributed by atoms with van der Waals surface area (Å²) < 4.78 is 13.6. The van der Waals surface area contributed by atoms with Crippen molar-refractivity contribution in [2.24, 2.45) is 4.99 Å². The number of rotatable bonds is 4. The van der Waals surface area contributed by atoms with Crippen LogP contribution in [0.15, 0.2) is 82.1 Å². The van der Waals surface area contributed by atoms with Gasteiger partial charge < -0.3 is 9.47 Å². The predicted octanol–water partition coefficient (Wildman–Crippen LogP) is 4.64. The minimum absolute atomic E-state index is 0.0236. The van der Waals surface area contributed by atoms with Crippen LogP contribution in [0.3, 0.4) is 0 Å². The molecule has 1 unspecified atom stereocenters. The highest BCUT2D eigenvalue weighted by molar-refractivity contribution is 7.07. The summed E-state index contributed by atoms with van der Waals surface area (Å²) in [5, 5.41) is 0. The Labute approximate surface area is 213 Å². The molecule has 2 heterocycles. The van der Waals surface area contributed by atoms with Gasteiger partial charge in [-0.1, -0.05) is 71.5 Å². The normalized spacial score (nSPS) is 16.6. The van der Waals surface area contributed by atoms with Crippen molar-refractivity contribution in [2.75, 3.05) is 14.2 Å². The summed E-state index contributed by atoms with van der Waals surface area (Å²) in [5.74, 6) is 1.31. The van der Waals surface area contributed by atoms with Crippen LogP contribution in [-0.4, -0.2) is 18.8 Å². The van der Waals surface area contributed by atoms with Crippen LogP contribution in [0.1, 0.15) is 40.3 Å². The summed E-state index contributed by atoms with van der Waals surface area (Å²) >= 11 is 1.45. The van der Waals surface area contributed by atoms with Crippen LogP contribution in [0, 0.1) is 6.92 Å². The van der Waals surface area contributed by atoms with Gasteiger partial charge in [0.1, 0.15) is 0 Å². The van der Waals surface area contributed by atoms with Gasteiger partial charge in [0, 0.05) is 5.56 Å². The molecule has 1 atom stereocenters. The lowest BCUT2D eigenvalue weighted by Gasteiger charge is -2.31. The Morgan fingerprint density at radius 2 is 1.75 bits per heavy atom. The number of methoxy groups -OCH3 is 2. The Morgan fingerprint density at radius 1 is 0.972 bits per heavy atom. The maximum atomic E-state index is 13.9. The van der Waals surface area contributed by atoms with Gasteiger partial charge in [-0.2, -0.15) is 0 Å². The van der Waals surface area contributed by atoms with E-state index >= 15 is 0 Å². The molecule has 180 valence electrons. The van der Waals surface area contributed by atoms with Crippen LogP contribution in [0.25, 0.3) is 11.8 Å². The van der Waals surface area contributed by atoms with E-state index in [0.29, 0.717) is 20.8 Å².